The third-order valence-corrected chi connectivity index (χ3v) is 11.2. The molecule has 2 saturated carbocycles. The molecule has 2 atom stereocenters. The number of thiazole rings is 1. The predicted octanol–water partition coefficient (Wildman–Crippen LogP) is 7.51. The summed E-state index contributed by atoms with van der Waals surface area (Å²) < 4.78 is 6.80. The van der Waals surface area contributed by atoms with Crippen LogP contribution in [0.2, 0.25) is 10.0 Å². The van der Waals surface area contributed by atoms with Gasteiger partial charge < -0.3 is 19.8 Å². The summed E-state index contributed by atoms with van der Waals surface area (Å²) in [7, 11) is 0. The van der Waals surface area contributed by atoms with Crippen molar-refractivity contribution in [2.24, 2.45) is 5.41 Å². The second-order valence-corrected chi connectivity index (χ2v) is 13.8. The zero-order valence-corrected chi connectivity index (χ0v) is 24.0. The Kier molecular flexibility index (Phi) is 5.76. The Hall–Kier alpha value is -2.65. The Labute approximate surface area is 245 Å². The SMILES string of the molecule is O=C(O)c1ccc2nc(N3C4CCC3C3(CC(NCc5c(-c6c(Cl)cccc6Cl)noc5C5CC5)C3)C4)sc2c1. The number of aromatic carboxylic acids is 1. The number of nitrogens with one attached hydrogen (secondary N) is 1. The lowest BCUT2D eigenvalue weighted by Crippen LogP contribution is -2.54. The molecule has 2 aliphatic heterocycles. The van der Waals surface area contributed by atoms with Gasteiger partial charge in [0.05, 0.1) is 25.8 Å². The van der Waals surface area contributed by atoms with E-state index in [1.54, 1.807) is 23.5 Å². The zero-order chi connectivity index (χ0) is 27.2. The fraction of sp³-hybridized carbons (Fsp3) is 0.433. The highest BCUT2D eigenvalue weighted by Crippen LogP contribution is 2.61. The molecule has 4 fully saturated rings. The van der Waals surface area contributed by atoms with Gasteiger partial charge in [-0.15, -0.1) is 0 Å². The van der Waals surface area contributed by atoms with Crippen LogP contribution in [0, 0.1) is 5.41 Å². The van der Waals surface area contributed by atoms with Gasteiger partial charge in [0.25, 0.3) is 0 Å². The molecule has 40 heavy (non-hydrogen) atoms. The van der Waals surface area contributed by atoms with E-state index in [4.69, 9.17) is 32.7 Å². The molecule has 4 heterocycles. The first-order chi connectivity index (χ1) is 19.4. The van der Waals surface area contributed by atoms with E-state index < -0.39 is 5.97 Å². The number of anilines is 1. The molecule has 8 rings (SSSR count). The van der Waals surface area contributed by atoms with Crippen molar-refractivity contribution in [3.63, 3.8) is 0 Å². The average molecular weight is 596 g/mol. The zero-order valence-electron chi connectivity index (χ0n) is 21.7. The standard InChI is InChI=1S/C30H28Cl2N4O3S/c31-20-2-1-3-21(32)25(20)26-19(27(39-35-26)15-4-5-15)14-33-17-11-30(12-17)13-18-7-9-24(30)36(18)29-34-22-8-6-16(28(37)38)10-23(22)40-29/h1-3,6,8,10,15,17-18,24,33H,4-5,7,9,11-14H2,(H,37,38). The fourth-order valence-corrected chi connectivity index (χ4v) is 9.27. The third kappa shape index (κ3) is 3.91. The molecule has 206 valence electrons. The second-order valence-electron chi connectivity index (χ2n) is 11.9. The highest BCUT2D eigenvalue weighted by molar-refractivity contribution is 7.22. The van der Waals surface area contributed by atoms with E-state index in [1.165, 1.54) is 19.3 Å². The number of fused-ring (bicyclic) bond motifs is 4. The highest BCUT2D eigenvalue weighted by Gasteiger charge is 2.61. The fourth-order valence-electron chi connectivity index (χ4n) is 7.57. The molecule has 2 saturated heterocycles. The van der Waals surface area contributed by atoms with E-state index in [1.807, 2.05) is 24.3 Å². The van der Waals surface area contributed by atoms with Crippen LogP contribution in [-0.4, -0.2) is 39.3 Å². The Balaban J connectivity index is 0.993. The number of carbonyl (C=O) groups is 1. The van der Waals surface area contributed by atoms with Gasteiger partial charge in [-0.1, -0.05) is 45.8 Å². The van der Waals surface area contributed by atoms with Crippen molar-refractivity contribution < 1.29 is 14.4 Å². The summed E-state index contributed by atoms with van der Waals surface area (Å²) in [6, 6.07) is 12.2. The van der Waals surface area contributed by atoms with Crippen LogP contribution in [0.1, 0.15) is 72.5 Å². The van der Waals surface area contributed by atoms with Gasteiger partial charge in [-0.25, -0.2) is 9.78 Å². The van der Waals surface area contributed by atoms with E-state index in [-0.39, 0.29) is 0 Å². The summed E-state index contributed by atoms with van der Waals surface area (Å²) >= 11 is 14.7. The van der Waals surface area contributed by atoms with Gasteiger partial charge in [-0.05, 0) is 80.7 Å². The van der Waals surface area contributed by atoms with Crippen molar-refractivity contribution in [1.82, 2.24) is 15.5 Å². The number of carboxylic acids is 1. The molecule has 7 nitrogen and oxygen atoms in total. The minimum absolute atomic E-state index is 0.313. The van der Waals surface area contributed by atoms with Crippen LogP contribution in [0.4, 0.5) is 5.13 Å². The Morgan fingerprint density at radius 2 is 1.93 bits per heavy atom. The minimum Gasteiger partial charge on any atom is -0.478 e. The van der Waals surface area contributed by atoms with Crippen LogP contribution in [0.3, 0.4) is 0 Å². The van der Waals surface area contributed by atoms with Crippen LogP contribution in [0.25, 0.3) is 21.5 Å². The summed E-state index contributed by atoms with van der Waals surface area (Å²) in [5.41, 5.74) is 4.10. The first-order valence-electron chi connectivity index (χ1n) is 14.0. The predicted molar refractivity (Wildman–Crippen MR) is 157 cm³/mol. The lowest BCUT2D eigenvalue weighted by atomic mass is 9.58. The van der Waals surface area contributed by atoms with Crippen LogP contribution in [0.5, 0.6) is 0 Å². The molecule has 4 aromatic rings. The van der Waals surface area contributed by atoms with Gasteiger partial charge in [0.2, 0.25) is 0 Å². The molecule has 1 spiro atoms. The Morgan fingerprint density at radius 3 is 2.67 bits per heavy atom. The van der Waals surface area contributed by atoms with Gasteiger partial charge in [-0.3, -0.25) is 0 Å². The smallest absolute Gasteiger partial charge is 0.335 e. The van der Waals surface area contributed by atoms with Crippen molar-refractivity contribution in [1.29, 1.82) is 0 Å². The van der Waals surface area contributed by atoms with E-state index in [9.17, 15) is 9.90 Å². The molecule has 10 heteroatoms. The summed E-state index contributed by atoms with van der Waals surface area (Å²) in [6.45, 7) is 0.689. The minimum atomic E-state index is -0.900. The normalized spacial score (nSPS) is 27.1. The van der Waals surface area contributed by atoms with E-state index in [2.05, 4.69) is 15.4 Å². The molecule has 2 aromatic heterocycles. The molecule has 4 aliphatic rings. The van der Waals surface area contributed by atoms with E-state index in [0.717, 1.165) is 63.6 Å². The number of nitrogens with zero attached hydrogens (tertiary/aromatic N) is 3. The molecule has 2 bridgehead atoms. The highest BCUT2D eigenvalue weighted by atomic mass is 35.5. The van der Waals surface area contributed by atoms with Crippen LogP contribution in [-0.2, 0) is 6.54 Å². The maximum absolute atomic E-state index is 11.4. The van der Waals surface area contributed by atoms with Crippen molar-refractivity contribution in [2.45, 2.75) is 75.5 Å². The van der Waals surface area contributed by atoms with Crippen molar-refractivity contribution in [3.05, 3.63) is 63.3 Å². The van der Waals surface area contributed by atoms with Crippen LogP contribution < -0.4 is 10.2 Å². The lowest BCUT2D eigenvalue weighted by Gasteiger charge is -2.50. The number of carboxylic acid groups (broad SMARTS) is 1. The molecule has 2 N–H and O–H groups in total. The van der Waals surface area contributed by atoms with Crippen molar-refractivity contribution in [3.8, 4) is 11.3 Å². The summed E-state index contributed by atoms with van der Waals surface area (Å²) in [4.78, 5) is 18.9. The summed E-state index contributed by atoms with van der Waals surface area (Å²) in [5, 5.41) is 19.9. The quantitative estimate of drug-likeness (QED) is 0.228. The second kappa shape index (κ2) is 9.18. The largest absolute Gasteiger partial charge is 0.478 e. The number of aromatic nitrogens is 2. The van der Waals surface area contributed by atoms with Crippen molar-refractivity contribution in [2.75, 3.05) is 4.90 Å². The van der Waals surface area contributed by atoms with Crippen LogP contribution in [0.15, 0.2) is 40.9 Å². The summed E-state index contributed by atoms with van der Waals surface area (Å²) in [5.74, 6) is 0.509. The third-order valence-electron chi connectivity index (χ3n) is 9.54. The topological polar surface area (TPSA) is 91.5 Å². The van der Waals surface area contributed by atoms with Gasteiger partial charge >= 0.3 is 5.97 Å². The van der Waals surface area contributed by atoms with Gasteiger partial charge in [0.1, 0.15) is 11.5 Å². The maximum atomic E-state index is 11.4. The number of hydrogen-bond donors (Lipinski definition) is 2. The first-order valence-corrected chi connectivity index (χ1v) is 15.6. The Morgan fingerprint density at radius 1 is 1.12 bits per heavy atom. The van der Waals surface area contributed by atoms with Gasteiger partial charge in [-0.2, -0.15) is 0 Å². The molecule has 2 aliphatic carbocycles. The first kappa shape index (κ1) is 25.1. The van der Waals surface area contributed by atoms with Gasteiger partial charge in [0.15, 0.2) is 5.13 Å². The monoisotopic (exact) mass is 594 g/mol. The van der Waals surface area contributed by atoms with Crippen LogP contribution >= 0.6 is 34.5 Å². The molecular formula is C30H28Cl2N4O3S. The van der Waals surface area contributed by atoms with E-state index >= 15 is 0 Å². The molecule has 0 radical (unpaired) electrons. The van der Waals surface area contributed by atoms with E-state index in [0.29, 0.717) is 51.6 Å². The number of benzene rings is 2. The van der Waals surface area contributed by atoms with Crippen molar-refractivity contribution >= 4 is 55.9 Å². The summed E-state index contributed by atoms with van der Waals surface area (Å²) in [6.07, 6.45) is 8.15. The average Bonchev–Trinajstić information content (AvgIpc) is 3.23. The molecule has 0 amide bonds. The Bertz CT molecular complexity index is 1640. The number of halogens is 2. The number of hydrogen-bond acceptors (Lipinski definition) is 7. The molecule has 2 unspecified atom stereocenters. The molecule has 2 aromatic carbocycles. The van der Waals surface area contributed by atoms with Gasteiger partial charge in [0, 0.05) is 41.7 Å². The molecular weight excluding hydrogens is 567 g/mol. The maximum Gasteiger partial charge on any atom is 0.335 e. The number of rotatable bonds is 7. The lowest BCUT2D eigenvalue weighted by molar-refractivity contribution is 0.0545.